The Hall–Kier alpha value is -2.70. The maximum Gasteiger partial charge on any atom is 0.257 e. The molecule has 2 rings (SSSR count). The van der Waals surface area contributed by atoms with Crippen LogP contribution in [0.15, 0.2) is 28.8 Å². The molecule has 0 atom stereocenters. The van der Waals surface area contributed by atoms with E-state index in [9.17, 15) is 9.59 Å². The Kier molecular flexibility index (Phi) is 4.09. The van der Waals surface area contributed by atoms with Crippen LogP contribution in [0, 0.1) is 0 Å². The molecule has 0 spiro atoms. The van der Waals surface area contributed by atoms with Crippen LogP contribution in [-0.4, -0.2) is 36.1 Å². The van der Waals surface area contributed by atoms with Crippen molar-refractivity contribution in [1.82, 2.24) is 20.8 Å². The molecule has 2 N–H and O–H groups in total. The first-order valence-electron chi connectivity index (χ1n) is 5.99. The standard InChI is InChI=1S/C13H14N4O3/c1-14-11(18)7-10-16-13(20-17-10)9-5-3-4-8(6-9)12(19)15-2/h3-6H,7H2,1-2H3,(H,14,18)(H,15,19). The van der Waals surface area contributed by atoms with E-state index < -0.39 is 0 Å². The van der Waals surface area contributed by atoms with Crippen LogP contribution in [0.3, 0.4) is 0 Å². The summed E-state index contributed by atoms with van der Waals surface area (Å²) in [6.07, 6.45) is 0.0507. The van der Waals surface area contributed by atoms with Crippen molar-refractivity contribution in [3.05, 3.63) is 35.7 Å². The zero-order chi connectivity index (χ0) is 14.5. The second-order valence-corrected chi connectivity index (χ2v) is 4.03. The zero-order valence-electron chi connectivity index (χ0n) is 11.1. The van der Waals surface area contributed by atoms with Gasteiger partial charge in [-0.25, -0.2) is 0 Å². The van der Waals surface area contributed by atoms with Gasteiger partial charge in [0.05, 0.1) is 6.42 Å². The average Bonchev–Trinajstić information content (AvgIpc) is 2.94. The van der Waals surface area contributed by atoms with Crippen molar-refractivity contribution >= 4 is 11.8 Å². The summed E-state index contributed by atoms with van der Waals surface area (Å²) in [6.45, 7) is 0. The molecule has 104 valence electrons. The van der Waals surface area contributed by atoms with Crippen molar-refractivity contribution in [3.8, 4) is 11.5 Å². The number of benzene rings is 1. The van der Waals surface area contributed by atoms with E-state index >= 15 is 0 Å². The maximum atomic E-state index is 11.6. The summed E-state index contributed by atoms with van der Waals surface area (Å²) >= 11 is 0. The van der Waals surface area contributed by atoms with Gasteiger partial charge in [-0.3, -0.25) is 9.59 Å². The van der Waals surface area contributed by atoms with Crippen molar-refractivity contribution in [2.45, 2.75) is 6.42 Å². The summed E-state index contributed by atoms with van der Waals surface area (Å²) < 4.78 is 5.09. The number of rotatable bonds is 4. The number of carbonyl (C=O) groups excluding carboxylic acids is 2. The fourth-order valence-corrected chi connectivity index (χ4v) is 1.61. The Bertz CT molecular complexity index is 636. The Labute approximate surface area is 115 Å². The highest BCUT2D eigenvalue weighted by Crippen LogP contribution is 2.18. The monoisotopic (exact) mass is 274 g/mol. The molecule has 0 saturated carbocycles. The molecule has 2 amide bonds. The molecule has 20 heavy (non-hydrogen) atoms. The Morgan fingerprint density at radius 3 is 2.75 bits per heavy atom. The molecule has 7 heteroatoms. The van der Waals surface area contributed by atoms with E-state index in [2.05, 4.69) is 20.8 Å². The topological polar surface area (TPSA) is 97.1 Å². The van der Waals surface area contributed by atoms with Crippen molar-refractivity contribution < 1.29 is 14.1 Å². The predicted molar refractivity (Wildman–Crippen MR) is 70.9 cm³/mol. The molecule has 0 aliphatic carbocycles. The molecule has 1 aromatic heterocycles. The molecule has 0 bridgehead atoms. The average molecular weight is 274 g/mol. The lowest BCUT2D eigenvalue weighted by Crippen LogP contribution is -2.20. The van der Waals surface area contributed by atoms with Gasteiger partial charge in [-0.2, -0.15) is 4.98 Å². The number of hydrogen-bond acceptors (Lipinski definition) is 5. The molecule has 0 saturated heterocycles. The van der Waals surface area contributed by atoms with E-state index in [1.807, 2.05) is 0 Å². The van der Waals surface area contributed by atoms with Crippen LogP contribution in [0.4, 0.5) is 0 Å². The number of nitrogens with one attached hydrogen (secondary N) is 2. The van der Waals surface area contributed by atoms with Crippen molar-refractivity contribution in [2.75, 3.05) is 14.1 Å². The lowest BCUT2D eigenvalue weighted by molar-refractivity contribution is -0.120. The van der Waals surface area contributed by atoms with Gasteiger partial charge in [0.15, 0.2) is 5.82 Å². The van der Waals surface area contributed by atoms with E-state index in [0.717, 1.165) is 0 Å². The Morgan fingerprint density at radius 2 is 2.05 bits per heavy atom. The normalized spacial score (nSPS) is 10.1. The first-order valence-corrected chi connectivity index (χ1v) is 5.99. The first-order chi connectivity index (χ1) is 9.63. The van der Waals surface area contributed by atoms with Gasteiger partial charge in [0.2, 0.25) is 5.91 Å². The van der Waals surface area contributed by atoms with Gasteiger partial charge in [0, 0.05) is 25.2 Å². The zero-order valence-corrected chi connectivity index (χ0v) is 11.1. The minimum Gasteiger partial charge on any atom is -0.359 e. The van der Waals surface area contributed by atoms with Crippen molar-refractivity contribution in [1.29, 1.82) is 0 Å². The van der Waals surface area contributed by atoms with E-state index in [4.69, 9.17) is 4.52 Å². The van der Waals surface area contributed by atoms with E-state index in [-0.39, 0.29) is 24.1 Å². The molecule has 0 unspecified atom stereocenters. The van der Waals surface area contributed by atoms with Gasteiger partial charge < -0.3 is 15.2 Å². The van der Waals surface area contributed by atoms with Gasteiger partial charge in [0.1, 0.15) is 0 Å². The van der Waals surface area contributed by atoms with Crippen LogP contribution >= 0.6 is 0 Å². The third-order valence-corrected chi connectivity index (χ3v) is 2.66. The van der Waals surface area contributed by atoms with Gasteiger partial charge in [-0.1, -0.05) is 11.2 Å². The van der Waals surface area contributed by atoms with Crippen LogP contribution in [-0.2, 0) is 11.2 Å². The van der Waals surface area contributed by atoms with Gasteiger partial charge in [0.25, 0.3) is 11.8 Å². The molecule has 7 nitrogen and oxygen atoms in total. The van der Waals surface area contributed by atoms with Crippen LogP contribution in [0.25, 0.3) is 11.5 Å². The molecular formula is C13H14N4O3. The van der Waals surface area contributed by atoms with Crippen LogP contribution in [0.5, 0.6) is 0 Å². The summed E-state index contributed by atoms with van der Waals surface area (Å²) in [7, 11) is 3.10. The van der Waals surface area contributed by atoms with Gasteiger partial charge >= 0.3 is 0 Å². The number of likely N-dealkylation sites (N-methyl/N-ethyl adjacent to an activating group) is 1. The quantitative estimate of drug-likeness (QED) is 0.840. The van der Waals surface area contributed by atoms with Crippen molar-refractivity contribution in [2.24, 2.45) is 0 Å². The largest absolute Gasteiger partial charge is 0.359 e. The number of carbonyl (C=O) groups is 2. The highest BCUT2D eigenvalue weighted by Gasteiger charge is 2.13. The molecule has 1 heterocycles. The number of amides is 2. The fraction of sp³-hybridized carbons (Fsp3) is 0.231. The van der Waals surface area contributed by atoms with Gasteiger partial charge in [-0.15, -0.1) is 0 Å². The highest BCUT2D eigenvalue weighted by atomic mass is 16.5. The van der Waals surface area contributed by atoms with Gasteiger partial charge in [-0.05, 0) is 18.2 Å². The molecule has 1 aromatic carbocycles. The van der Waals surface area contributed by atoms with E-state index in [0.29, 0.717) is 17.0 Å². The Balaban J connectivity index is 2.24. The lowest BCUT2D eigenvalue weighted by atomic mass is 10.1. The summed E-state index contributed by atoms with van der Waals surface area (Å²) in [4.78, 5) is 26.9. The number of aromatic nitrogens is 2. The third-order valence-electron chi connectivity index (χ3n) is 2.66. The summed E-state index contributed by atoms with van der Waals surface area (Å²) in [5, 5.41) is 8.75. The van der Waals surface area contributed by atoms with Crippen LogP contribution < -0.4 is 10.6 Å². The molecule has 2 aromatic rings. The highest BCUT2D eigenvalue weighted by molar-refractivity contribution is 5.94. The molecule has 0 aliphatic rings. The lowest BCUT2D eigenvalue weighted by Gasteiger charge is -2.00. The van der Waals surface area contributed by atoms with E-state index in [1.165, 1.54) is 7.05 Å². The minimum absolute atomic E-state index is 0.0507. The second-order valence-electron chi connectivity index (χ2n) is 4.03. The predicted octanol–water partition coefficient (Wildman–Crippen LogP) is 0.385. The number of nitrogens with zero attached hydrogens (tertiary/aromatic N) is 2. The smallest absolute Gasteiger partial charge is 0.257 e. The van der Waals surface area contributed by atoms with Crippen LogP contribution in [0.2, 0.25) is 0 Å². The molecule has 0 fully saturated rings. The summed E-state index contributed by atoms with van der Waals surface area (Å²) in [5.74, 6) is 0.174. The molecule has 0 radical (unpaired) electrons. The van der Waals surface area contributed by atoms with Crippen molar-refractivity contribution in [3.63, 3.8) is 0 Å². The third kappa shape index (κ3) is 3.00. The molecule has 0 aliphatic heterocycles. The SMILES string of the molecule is CNC(=O)Cc1noc(-c2cccc(C(=O)NC)c2)n1. The maximum absolute atomic E-state index is 11.6. The Morgan fingerprint density at radius 1 is 1.25 bits per heavy atom. The van der Waals surface area contributed by atoms with E-state index in [1.54, 1.807) is 31.3 Å². The minimum atomic E-state index is -0.198. The molecular weight excluding hydrogens is 260 g/mol. The first kappa shape index (κ1) is 13.7. The second kappa shape index (κ2) is 5.96. The summed E-state index contributed by atoms with van der Waals surface area (Å²) in [5.41, 5.74) is 1.12. The summed E-state index contributed by atoms with van der Waals surface area (Å²) in [6, 6.07) is 6.81. The van der Waals surface area contributed by atoms with Crippen LogP contribution in [0.1, 0.15) is 16.2 Å². The fourth-order valence-electron chi connectivity index (χ4n) is 1.61. The number of hydrogen-bond donors (Lipinski definition) is 2.